The third-order valence-corrected chi connectivity index (χ3v) is 2.61. The third kappa shape index (κ3) is 3.67. The Morgan fingerprint density at radius 3 is 3.00 bits per heavy atom. The highest BCUT2D eigenvalue weighted by atomic mass is 127. The van der Waals surface area contributed by atoms with Crippen LogP contribution < -0.4 is 4.74 Å². The Hall–Kier alpha value is -1.15. The van der Waals surface area contributed by atoms with Crippen molar-refractivity contribution in [3.05, 3.63) is 39.6 Å². The van der Waals surface area contributed by atoms with Crippen molar-refractivity contribution in [3.63, 3.8) is 0 Å². The lowest BCUT2D eigenvalue weighted by molar-refractivity contribution is 0.151. The van der Waals surface area contributed by atoms with Crippen LogP contribution in [0.4, 0.5) is 0 Å². The van der Waals surface area contributed by atoms with Gasteiger partial charge in [-0.15, -0.1) is 0 Å². The maximum absolute atomic E-state index is 5.53. The summed E-state index contributed by atoms with van der Waals surface area (Å²) >= 11 is 2.23. The lowest BCUT2D eigenvalue weighted by atomic mass is 10.3. The maximum Gasteiger partial charge on any atom is 0.252 e. The fourth-order valence-electron chi connectivity index (χ4n) is 1.24. The molecule has 0 amide bonds. The standard InChI is InChI=1S/C11H11IN2O3/c1-15-7-11-13-10(14-17-11)6-16-9-4-2-3-8(12)5-9/h2-5H,6-7H2,1H3. The number of hydrogen-bond acceptors (Lipinski definition) is 5. The summed E-state index contributed by atoms with van der Waals surface area (Å²) < 4.78 is 16.5. The van der Waals surface area contributed by atoms with Gasteiger partial charge in [-0.05, 0) is 40.8 Å². The van der Waals surface area contributed by atoms with Gasteiger partial charge < -0.3 is 14.0 Å². The van der Waals surface area contributed by atoms with Crippen LogP contribution in [-0.4, -0.2) is 17.3 Å². The number of nitrogens with zero attached hydrogens (tertiary/aromatic N) is 2. The second-order valence-corrected chi connectivity index (χ2v) is 4.53. The predicted octanol–water partition coefficient (Wildman–Crippen LogP) is 2.40. The van der Waals surface area contributed by atoms with Crippen LogP contribution in [-0.2, 0) is 18.0 Å². The van der Waals surface area contributed by atoms with Gasteiger partial charge in [-0.2, -0.15) is 4.98 Å². The molecule has 0 unspecified atom stereocenters. The smallest absolute Gasteiger partial charge is 0.252 e. The quantitative estimate of drug-likeness (QED) is 0.779. The van der Waals surface area contributed by atoms with Crippen LogP contribution in [0.1, 0.15) is 11.7 Å². The molecule has 2 aromatic rings. The molecule has 6 heteroatoms. The number of ether oxygens (including phenoxy) is 2. The number of hydrogen-bond donors (Lipinski definition) is 0. The van der Waals surface area contributed by atoms with Gasteiger partial charge in [-0.1, -0.05) is 11.2 Å². The molecule has 1 aromatic heterocycles. The first kappa shape index (κ1) is 12.3. The summed E-state index contributed by atoms with van der Waals surface area (Å²) in [6.07, 6.45) is 0. The lowest BCUT2D eigenvalue weighted by Crippen LogP contribution is -1.98. The summed E-state index contributed by atoms with van der Waals surface area (Å²) in [6, 6.07) is 7.76. The van der Waals surface area contributed by atoms with Gasteiger partial charge in [0.15, 0.2) is 6.61 Å². The molecule has 0 N–H and O–H groups in total. The van der Waals surface area contributed by atoms with Crippen molar-refractivity contribution in [1.82, 2.24) is 10.1 Å². The molecule has 0 atom stereocenters. The minimum Gasteiger partial charge on any atom is -0.485 e. The van der Waals surface area contributed by atoms with E-state index in [2.05, 4.69) is 32.7 Å². The molecule has 0 spiro atoms. The maximum atomic E-state index is 5.53. The van der Waals surface area contributed by atoms with Gasteiger partial charge in [-0.3, -0.25) is 0 Å². The fourth-order valence-corrected chi connectivity index (χ4v) is 1.75. The Kier molecular flexibility index (Phi) is 4.32. The highest BCUT2D eigenvalue weighted by Crippen LogP contribution is 2.15. The monoisotopic (exact) mass is 346 g/mol. The number of methoxy groups -OCH3 is 1. The normalized spacial score (nSPS) is 10.5. The Morgan fingerprint density at radius 2 is 2.24 bits per heavy atom. The molecular weight excluding hydrogens is 335 g/mol. The molecule has 90 valence electrons. The van der Waals surface area contributed by atoms with E-state index in [0.717, 1.165) is 9.32 Å². The van der Waals surface area contributed by atoms with Crippen molar-refractivity contribution in [3.8, 4) is 5.75 Å². The van der Waals surface area contributed by atoms with E-state index < -0.39 is 0 Å². The molecule has 1 aromatic carbocycles. The second kappa shape index (κ2) is 5.97. The summed E-state index contributed by atoms with van der Waals surface area (Å²) in [4.78, 5) is 4.11. The van der Waals surface area contributed by atoms with Crippen LogP contribution in [0.25, 0.3) is 0 Å². The van der Waals surface area contributed by atoms with Crippen molar-refractivity contribution in [2.75, 3.05) is 7.11 Å². The van der Waals surface area contributed by atoms with Crippen LogP contribution in [0.3, 0.4) is 0 Å². The summed E-state index contributed by atoms with van der Waals surface area (Å²) in [5, 5.41) is 3.78. The van der Waals surface area contributed by atoms with Gasteiger partial charge in [0.25, 0.3) is 5.89 Å². The molecule has 0 aliphatic carbocycles. The van der Waals surface area contributed by atoms with E-state index in [4.69, 9.17) is 14.0 Å². The molecular formula is C11H11IN2O3. The summed E-state index contributed by atoms with van der Waals surface area (Å²) in [6.45, 7) is 0.601. The average Bonchev–Trinajstić information content (AvgIpc) is 2.75. The molecule has 0 aliphatic heterocycles. The van der Waals surface area contributed by atoms with Crippen LogP contribution in [0.15, 0.2) is 28.8 Å². The van der Waals surface area contributed by atoms with Crippen molar-refractivity contribution in [2.45, 2.75) is 13.2 Å². The Bertz CT molecular complexity index is 487. The van der Waals surface area contributed by atoms with Gasteiger partial charge in [0.05, 0.1) is 0 Å². The third-order valence-electron chi connectivity index (χ3n) is 1.94. The number of aromatic nitrogens is 2. The van der Waals surface area contributed by atoms with Crippen LogP contribution in [0.5, 0.6) is 5.75 Å². The van der Waals surface area contributed by atoms with Crippen LogP contribution >= 0.6 is 22.6 Å². The molecule has 0 radical (unpaired) electrons. The summed E-state index contributed by atoms with van der Waals surface area (Å²) in [5.41, 5.74) is 0. The van der Waals surface area contributed by atoms with Crippen LogP contribution in [0, 0.1) is 3.57 Å². The van der Waals surface area contributed by atoms with E-state index in [1.165, 1.54) is 0 Å². The molecule has 0 fully saturated rings. The van der Waals surface area contributed by atoms with Crippen molar-refractivity contribution < 1.29 is 14.0 Å². The minimum absolute atomic E-state index is 0.285. The molecule has 0 saturated carbocycles. The molecule has 5 nitrogen and oxygen atoms in total. The van der Waals surface area contributed by atoms with E-state index >= 15 is 0 Å². The summed E-state index contributed by atoms with van der Waals surface area (Å²) in [5.74, 6) is 1.75. The zero-order valence-corrected chi connectivity index (χ0v) is 11.4. The topological polar surface area (TPSA) is 57.4 Å². The Balaban J connectivity index is 1.93. The average molecular weight is 346 g/mol. The Labute approximate surface area is 112 Å². The predicted molar refractivity (Wildman–Crippen MR) is 68.5 cm³/mol. The zero-order chi connectivity index (χ0) is 12.1. The fraction of sp³-hybridized carbons (Fsp3) is 0.273. The number of benzene rings is 1. The molecule has 0 aliphatic rings. The first-order valence-corrected chi connectivity index (χ1v) is 6.04. The number of rotatable bonds is 5. The highest BCUT2D eigenvalue weighted by molar-refractivity contribution is 14.1. The van der Waals surface area contributed by atoms with Gasteiger partial charge >= 0.3 is 0 Å². The molecule has 2 rings (SSSR count). The largest absolute Gasteiger partial charge is 0.485 e. The Morgan fingerprint density at radius 1 is 1.35 bits per heavy atom. The minimum atomic E-state index is 0.285. The highest BCUT2D eigenvalue weighted by Gasteiger charge is 2.06. The van der Waals surface area contributed by atoms with E-state index in [1.807, 2.05) is 24.3 Å². The van der Waals surface area contributed by atoms with Crippen molar-refractivity contribution >= 4 is 22.6 Å². The van der Waals surface area contributed by atoms with Crippen molar-refractivity contribution in [2.24, 2.45) is 0 Å². The van der Waals surface area contributed by atoms with Gasteiger partial charge in [0.1, 0.15) is 12.4 Å². The second-order valence-electron chi connectivity index (χ2n) is 3.28. The summed E-state index contributed by atoms with van der Waals surface area (Å²) in [7, 11) is 1.58. The SMILES string of the molecule is COCc1nc(COc2cccc(I)c2)no1. The van der Waals surface area contributed by atoms with Gasteiger partial charge in [0.2, 0.25) is 5.82 Å². The van der Waals surface area contributed by atoms with Crippen LogP contribution in [0.2, 0.25) is 0 Å². The molecule has 0 bridgehead atoms. The zero-order valence-electron chi connectivity index (χ0n) is 9.22. The van der Waals surface area contributed by atoms with E-state index in [1.54, 1.807) is 7.11 Å². The van der Waals surface area contributed by atoms with E-state index in [0.29, 0.717) is 18.3 Å². The number of halogens is 1. The molecule has 17 heavy (non-hydrogen) atoms. The van der Waals surface area contributed by atoms with E-state index in [-0.39, 0.29) is 6.61 Å². The van der Waals surface area contributed by atoms with Gasteiger partial charge in [-0.25, -0.2) is 0 Å². The first-order valence-electron chi connectivity index (χ1n) is 4.96. The van der Waals surface area contributed by atoms with E-state index in [9.17, 15) is 0 Å². The van der Waals surface area contributed by atoms with Gasteiger partial charge in [0, 0.05) is 10.7 Å². The molecule has 0 saturated heterocycles. The first-order chi connectivity index (χ1) is 8.28. The lowest BCUT2D eigenvalue weighted by Gasteiger charge is -2.02. The molecule has 1 heterocycles. The van der Waals surface area contributed by atoms with Crippen molar-refractivity contribution in [1.29, 1.82) is 0 Å².